The summed E-state index contributed by atoms with van der Waals surface area (Å²) in [6.07, 6.45) is 0.494. The van der Waals surface area contributed by atoms with Gasteiger partial charge in [-0.3, -0.25) is 9.69 Å². The number of aryl methyl sites for hydroxylation is 2. The summed E-state index contributed by atoms with van der Waals surface area (Å²) in [6, 6.07) is 12.4. The first-order chi connectivity index (χ1) is 13.1. The molecule has 2 aromatic rings. The van der Waals surface area contributed by atoms with Crippen LogP contribution in [0.1, 0.15) is 22.3 Å². The van der Waals surface area contributed by atoms with Crippen LogP contribution in [0, 0.1) is 13.8 Å². The zero-order chi connectivity index (χ0) is 18.8. The van der Waals surface area contributed by atoms with Crippen LogP contribution in [-0.4, -0.2) is 48.7 Å². The van der Waals surface area contributed by atoms with Gasteiger partial charge in [0.2, 0.25) is 12.7 Å². The molecule has 142 valence electrons. The molecule has 5 heteroatoms. The average Bonchev–Trinajstić information content (AvgIpc) is 3.12. The highest BCUT2D eigenvalue weighted by molar-refractivity contribution is 5.79. The normalized spacial score (nSPS) is 16.6. The number of amides is 1. The van der Waals surface area contributed by atoms with Crippen LogP contribution in [0.5, 0.6) is 11.5 Å². The van der Waals surface area contributed by atoms with Crippen molar-refractivity contribution in [2.24, 2.45) is 0 Å². The number of fused-ring (bicyclic) bond motifs is 1. The maximum atomic E-state index is 12.7. The van der Waals surface area contributed by atoms with Crippen molar-refractivity contribution in [1.29, 1.82) is 0 Å². The molecule has 0 aliphatic carbocycles. The van der Waals surface area contributed by atoms with Crippen molar-refractivity contribution in [3.63, 3.8) is 0 Å². The third kappa shape index (κ3) is 4.08. The van der Waals surface area contributed by atoms with Gasteiger partial charge >= 0.3 is 0 Å². The second-order valence-corrected chi connectivity index (χ2v) is 7.45. The van der Waals surface area contributed by atoms with Crippen LogP contribution in [0.25, 0.3) is 0 Å². The second-order valence-electron chi connectivity index (χ2n) is 7.45. The van der Waals surface area contributed by atoms with Crippen molar-refractivity contribution < 1.29 is 14.3 Å². The van der Waals surface area contributed by atoms with Gasteiger partial charge in [-0.05, 0) is 42.7 Å². The van der Waals surface area contributed by atoms with Gasteiger partial charge in [0, 0.05) is 32.7 Å². The SMILES string of the molecule is Cc1ccc(CC(=O)N2CCN(Cc3ccc4c(c3)OCO4)CC2)c(C)c1. The number of benzene rings is 2. The minimum Gasteiger partial charge on any atom is -0.454 e. The van der Waals surface area contributed by atoms with Crippen molar-refractivity contribution in [2.75, 3.05) is 33.0 Å². The molecule has 1 fully saturated rings. The Morgan fingerprint density at radius 3 is 2.52 bits per heavy atom. The van der Waals surface area contributed by atoms with E-state index in [0.29, 0.717) is 13.2 Å². The lowest BCUT2D eigenvalue weighted by atomic mass is 10.0. The van der Waals surface area contributed by atoms with Gasteiger partial charge in [-0.25, -0.2) is 0 Å². The number of rotatable bonds is 4. The summed E-state index contributed by atoms with van der Waals surface area (Å²) in [5.74, 6) is 1.88. The van der Waals surface area contributed by atoms with Gasteiger partial charge in [-0.1, -0.05) is 29.8 Å². The van der Waals surface area contributed by atoms with E-state index < -0.39 is 0 Å². The highest BCUT2D eigenvalue weighted by Crippen LogP contribution is 2.32. The van der Waals surface area contributed by atoms with Crippen molar-refractivity contribution in [2.45, 2.75) is 26.8 Å². The highest BCUT2D eigenvalue weighted by atomic mass is 16.7. The molecule has 0 bridgehead atoms. The quantitative estimate of drug-likeness (QED) is 0.834. The Morgan fingerprint density at radius 1 is 0.963 bits per heavy atom. The van der Waals surface area contributed by atoms with Gasteiger partial charge in [0.1, 0.15) is 0 Å². The molecule has 1 saturated heterocycles. The van der Waals surface area contributed by atoms with Gasteiger partial charge < -0.3 is 14.4 Å². The Kier molecular flexibility index (Phi) is 5.03. The molecule has 0 atom stereocenters. The van der Waals surface area contributed by atoms with Crippen molar-refractivity contribution in [3.05, 3.63) is 58.7 Å². The number of ether oxygens (including phenoxy) is 2. The Morgan fingerprint density at radius 2 is 1.74 bits per heavy atom. The minimum absolute atomic E-state index is 0.227. The lowest BCUT2D eigenvalue weighted by Gasteiger charge is -2.35. The van der Waals surface area contributed by atoms with Gasteiger partial charge in [-0.15, -0.1) is 0 Å². The molecule has 27 heavy (non-hydrogen) atoms. The molecule has 5 nitrogen and oxygen atoms in total. The molecule has 2 aromatic carbocycles. The number of carbonyl (C=O) groups excluding carboxylic acids is 1. The van der Waals surface area contributed by atoms with E-state index in [0.717, 1.165) is 49.8 Å². The second kappa shape index (κ2) is 7.61. The molecule has 0 N–H and O–H groups in total. The predicted molar refractivity (Wildman–Crippen MR) is 104 cm³/mol. The molecular formula is C22H26N2O3. The first-order valence-corrected chi connectivity index (χ1v) is 9.53. The number of nitrogens with zero attached hydrogens (tertiary/aromatic N) is 2. The Hall–Kier alpha value is -2.53. The van der Waals surface area contributed by atoms with E-state index in [4.69, 9.17) is 9.47 Å². The molecule has 0 aromatic heterocycles. The Bertz CT molecular complexity index is 841. The smallest absolute Gasteiger partial charge is 0.231 e. The maximum Gasteiger partial charge on any atom is 0.231 e. The third-order valence-corrected chi connectivity index (χ3v) is 5.41. The van der Waals surface area contributed by atoms with Gasteiger partial charge in [0.05, 0.1) is 6.42 Å². The monoisotopic (exact) mass is 366 g/mol. The molecule has 2 aliphatic rings. The van der Waals surface area contributed by atoms with Crippen LogP contribution in [0.4, 0.5) is 0 Å². The summed E-state index contributed by atoms with van der Waals surface area (Å²) in [7, 11) is 0. The first kappa shape index (κ1) is 17.9. The number of hydrogen-bond donors (Lipinski definition) is 0. The van der Waals surface area contributed by atoms with E-state index in [2.05, 4.69) is 49.1 Å². The fourth-order valence-electron chi connectivity index (χ4n) is 3.77. The van der Waals surface area contributed by atoms with E-state index in [-0.39, 0.29) is 5.91 Å². The first-order valence-electron chi connectivity index (χ1n) is 9.53. The van der Waals surface area contributed by atoms with E-state index in [1.54, 1.807) is 0 Å². The third-order valence-electron chi connectivity index (χ3n) is 5.41. The van der Waals surface area contributed by atoms with Crippen LogP contribution in [0.2, 0.25) is 0 Å². The van der Waals surface area contributed by atoms with Gasteiger partial charge in [0.25, 0.3) is 0 Å². The molecule has 2 heterocycles. The Balaban J connectivity index is 1.30. The van der Waals surface area contributed by atoms with Crippen LogP contribution in [0.15, 0.2) is 36.4 Å². The summed E-state index contributed by atoms with van der Waals surface area (Å²) < 4.78 is 10.8. The van der Waals surface area contributed by atoms with Crippen LogP contribution in [-0.2, 0) is 17.8 Å². The molecule has 2 aliphatic heterocycles. The van der Waals surface area contributed by atoms with Crippen LogP contribution >= 0.6 is 0 Å². The van der Waals surface area contributed by atoms with Crippen LogP contribution < -0.4 is 9.47 Å². The lowest BCUT2D eigenvalue weighted by Crippen LogP contribution is -2.48. The van der Waals surface area contributed by atoms with Crippen molar-refractivity contribution in [3.8, 4) is 11.5 Å². The lowest BCUT2D eigenvalue weighted by molar-refractivity contribution is -0.132. The summed E-state index contributed by atoms with van der Waals surface area (Å²) >= 11 is 0. The summed E-state index contributed by atoms with van der Waals surface area (Å²) in [4.78, 5) is 17.1. The van der Waals surface area contributed by atoms with Gasteiger partial charge in [0.15, 0.2) is 11.5 Å². The predicted octanol–water partition coefficient (Wildman–Crippen LogP) is 2.92. The van der Waals surface area contributed by atoms with E-state index >= 15 is 0 Å². The van der Waals surface area contributed by atoms with Crippen molar-refractivity contribution >= 4 is 5.91 Å². The number of hydrogen-bond acceptors (Lipinski definition) is 4. The largest absolute Gasteiger partial charge is 0.454 e. The average molecular weight is 366 g/mol. The van der Waals surface area contributed by atoms with Crippen LogP contribution in [0.3, 0.4) is 0 Å². The summed E-state index contributed by atoms with van der Waals surface area (Å²) in [5.41, 5.74) is 4.79. The maximum absolute atomic E-state index is 12.7. The topological polar surface area (TPSA) is 42.0 Å². The van der Waals surface area contributed by atoms with Crippen molar-refractivity contribution in [1.82, 2.24) is 9.80 Å². The molecular weight excluding hydrogens is 340 g/mol. The summed E-state index contributed by atoms with van der Waals surface area (Å²) in [6.45, 7) is 8.70. The zero-order valence-corrected chi connectivity index (χ0v) is 16.0. The molecule has 4 rings (SSSR count). The standard InChI is InChI=1S/C22H26N2O3/c1-16-3-5-19(17(2)11-16)13-22(25)24-9-7-23(8-10-24)14-18-4-6-20-21(12-18)27-15-26-20/h3-6,11-12H,7-10,13-15H2,1-2H3. The fraction of sp³-hybridized carbons (Fsp3) is 0.409. The molecule has 0 saturated carbocycles. The van der Waals surface area contributed by atoms with E-state index in [1.807, 2.05) is 11.0 Å². The fourth-order valence-corrected chi connectivity index (χ4v) is 3.77. The van der Waals surface area contributed by atoms with Gasteiger partial charge in [-0.2, -0.15) is 0 Å². The summed E-state index contributed by atoms with van der Waals surface area (Å²) in [5, 5.41) is 0. The number of piperazine rings is 1. The molecule has 1 amide bonds. The van der Waals surface area contributed by atoms with E-state index in [1.165, 1.54) is 16.7 Å². The zero-order valence-electron chi connectivity index (χ0n) is 16.0. The molecule has 0 spiro atoms. The molecule has 0 unspecified atom stereocenters. The number of carbonyl (C=O) groups is 1. The van der Waals surface area contributed by atoms with E-state index in [9.17, 15) is 4.79 Å². The highest BCUT2D eigenvalue weighted by Gasteiger charge is 2.22. The Labute approximate surface area is 160 Å². The minimum atomic E-state index is 0.227. The molecule has 0 radical (unpaired) electrons.